The van der Waals surface area contributed by atoms with Gasteiger partial charge in [-0.3, -0.25) is 14.9 Å². The normalized spacial score (nSPS) is 10.3. The first-order chi connectivity index (χ1) is 10.4. The molecule has 0 radical (unpaired) electrons. The van der Waals surface area contributed by atoms with Gasteiger partial charge in [0.2, 0.25) is 0 Å². The largest absolute Gasteiger partial charge is 0.372 e. The van der Waals surface area contributed by atoms with Gasteiger partial charge in [0, 0.05) is 36.8 Å². The minimum Gasteiger partial charge on any atom is -0.372 e. The number of nitro benzene ring substituents is 1. The summed E-state index contributed by atoms with van der Waals surface area (Å²) >= 11 is 1.46. The molecule has 0 atom stereocenters. The van der Waals surface area contributed by atoms with Gasteiger partial charge in [-0.2, -0.15) is 0 Å². The van der Waals surface area contributed by atoms with Crippen molar-refractivity contribution >= 4 is 28.6 Å². The van der Waals surface area contributed by atoms with Crippen molar-refractivity contribution in [1.82, 2.24) is 10.3 Å². The van der Waals surface area contributed by atoms with E-state index < -0.39 is 4.92 Å². The van der Waals surface area contributed by atoms with E-state index in [2.05, 4.69) is 10.3 Å². The van der Waals surface area contributed by atoms with Crippen molar-refractivity contribution in [3.05, 3.63) is 50.0 Å². The Morgan fingerprint density at radius 2 is 2.18 bits per heavy atom. The molecule has 116 valence electrons. The predicted molar refractivity (Wildman–Crippen MR) is 85.4 cm³/mol. The number of carbonyl (C=O) groups excluding carboxylic acids is 1. The third-order valence-electron chi connectivity index (χ3n) is 2.98. The Hall–Kier alpha value is -2.48. The number of thiazole rings is 1. The average molecular weight is 320 g/mol. The summed E-state index contributed by atoms with van der Waals surface area (Å²) in [6.07, 6.45) is 0. The Labute approximate surface area is 131 Å². The summed E-state index contributed by atoms with van der Waals surface area (Å²) in [5, 5.41) is 16.5. The van der Waals surface area contributed by atoms with Crippen molar-refractivity contribution < 1.29 is 9.72 Å². The molecule has 0 fully saturated rings. The average Bonchev–Trinajstić information content (AvgIpc) is 2.89. The van der Waals surface area contributed by atoms with Crippen LogP contribution in [0.15, 0.2) is 23.6 Å². The smallest absolute Gasteiger partial charge is 0.293 e. The summed E-state index contributed by atoms with van der Waals surface area (Å²) in [6, 6.07) is 4.43. The highest BCUT2D eigenvalue weighted by Gasteiger charge is 2.18. The highest BCUT2D eigenvalue weighted by molar-refractivity contribution is 7.09. The molecule has 0 aliphatic heterocycles. The van der Waals surface area contributed by atoms with Crippen molar-refractivity contribution in [1.29, 1.82) is 0 Å². The van der Waals surface area contributed by atoms with Crippen LogP contribution in [0.4, 0.5) is 11.4 Å². The van der Waals surface area contributed by atoms with Crippen LogP contribution >= 0.6 is 11.3 Å². The molecule has 1 aromatic heterocycles. The van der Waals surface area contributed by atoms with Gasteiger partial charge in [-0.15, -0.1) is 11.3 Å². The fraction of sp³-hybridized carbons (Fsp3) is 0.286. The number of aryl methyl sites for hydroxylation is 1. The Morgan fingerprint density at radius 1 is 1.45 bits per heavy atom. The standard InChI is InChI=1S/C14H16N4O3S/c1-9-8-22-13(16-9)7-15-14(19)10-4-5-11(17(2)3)12(6-10)18(20)21/h4-6,8H,7H2,1-3H3,(H,15,19). The Morgan fingerprint density at radius 3 is 2.73 bits per heavy atom. The van der Waals surface area contributed by atoms with Gasteiger partial charge in [-0.05, 0) is 19.1 Å². The lowest BCUT2D eigenvalue weighted by Gasteiger charge is -2.13. The van der Waals surface area contributed by atoms with Crippen LogP contribution in [0.2, 0.25) is 0 Å². The number of nitrogens with zero attached hydrogens (tertiary/aromatic N) is 3. The molecule has 1 N–H and O–H groups in total. The van der Waals surface area contributed by atoms with Gasteiger partial charge in [0.05, 0.1) is 11.5 Å². The molecule has 0 unspecified atom stereocenters. The van der Waals surface area contributed by atoms with E-state index in [1.54, 1.807) is 31.1 Å². The first-order valence-electron chi connectivity index (χ1n) is 6.53. The van der Waals surface area contributed by atoms with Crippen LogP contribution in [-0.4, -0.2) is 29.9 Å². The zero-order chi connectivity index (χ0) is 16.3. The molecule has 0 bridgehead atoms. The maximum Gasteiger partial charge on any atom is 0.293 e. The monoisotopic (exact) mass is 320 g/mol. The molecule has 0 aliphatic carbocycles. The molecule has 0 saturated carbocycles. The Kier molecular flexibility index (Phi) is 4.71. The van der Waals surface area contributed by atoms with Gasteiger partial charge in [-0.25, -0.2) is 4.98 Å². The molecule has 1 heterocycles. The van der Waals surface area contributed by atoms with Crippen molar-refractivity contribution in [2.24, 2.45) is 0 Å². The number of hydrogen-bond acceptors (Lipinski definition) is 6. The van der Waals surface area contributed by atoms with Crippen LogP contribution < -0.4 is 10.2 Å². The molecule has 0 saturated heterocycles. The molecule has 2 aromatic rings. The number of anilines is 1. The number of nitrogens with one attached hydrogen (secondary N) is 1. The van der Waals surface area contributed by atoms with E-state index in [1.165, 1.54) is 17.4 Å². The van der Waals surface area contributed by atoms with Gasteiger partial charge >= 0.3 is 0 Å². The van der Waals surface area contributed by atoms with Crippen LogP contribution in [0, 0.1) is 17.0 Å². The molecule has 1 amide bonds. The number of carbonyl (C=O) groups is 1. The van der Waals surface area contributed by atoms with Gasteiger partial charge < -0.3 is 10.2 Å². The maximum absolute atomic E-state index is 12.1. The summed E-state index contributed by atoms with van der Waals surface area (Å²) in [5.74, 6) is -0.360. The number of nitro groups is 1. The summed E-state index contributed by atoms with van der Waals surface area (Å²) in [7, 11) is 3.43. The van der Waals surface area contributed by atoms with Gasteiger partial charge in [-0.1, -0.05) is 0 Å². The number of benzene rings is 1. The van der Waals surface area contributed by atoms with Crippen LogP contribution in [0.5, 0.6) is 0 Å². The molecule has 7 nitrogen and oxygen atoms in total. The second-order valence-electron chi connectivity index (χ2n) is 4.92. The lowest BCUT2D eigenvalue weighted by atomic mass is 10.1. The predicted octanol–water partition coefficient (Wildman–Crippen LogP) is 2.36. The molecular weight excluding hydrogens is 304 g/mol. The lowest BCUT2D eigenvalue weighted by Crippen LogP contribution is -2.23. The minimum atomic E-state index is -0.490. The van der Waals surface area contributed by atoms with Gasteiger partial charge in [0.1, 0.15) is 10.7 Å². The Bertz CT molecular complexity index is 712. The number of aromatic nitrogens is 1. The molecular formula is C14H16N4O3S. The zero-order valence-corrected chi connectivity index (χ0v) is 13.3. The van der Waals surface area contributed by atoms with E-state index in [0.29, 0.717) is 12.2 Å². The van der Waals surface area contributed by atoms with E-state index in [0.717, 1.165) is 10.7 Å². The second-order valence-corrected chi connectivity index (χ2v) is 5.86. The molecule has 0 spiro atoms. The van der Waals surface area contributed by atoms with Crippen molar-refractivity contribution in [2.75, 3.05) is 19.0 Å². The zero-order valence-electron chi connectivity index (χ0n) is 12.5. The summed E-state index contributed by atoms with van der Waals surface area (Å²) in [4.78, 5) is 28.6. The van der Waals surface area contributed by atoms with E-state index in [-0.39, 0.29) is 17.2 Å². The highest BCUT2D eigenvalue weighted by Crippen LogP contribution is 2.27. The topological polar surface area (TPSA) is 88.4 Å². The SMILES string of the molecule is Cc1csc(CNC(=O)c2ccc(N(C)C)c([N+](=O)[O-])c2)n1. The molecule has 0 aliphatic rings. The third-order valence-corrected chi connectivity index (χ3v) is 3.95. The molecule has 1 aromatic carbocycles. The molecule has 8 heteroatoms. The second kappa shape index (κ2) is 6.52. The van der Waals surface area contributed by atoms with Crippen LogP contribution in [0.1, 0.15) is 21.1 Å². The highest BCUT2D eigenvalue weighted by atomic mass is 32.1. The fourth-order valence-electron chi connectivity index (χ4n) is 1.93. The number of rotatable bonds is 5. The summed E-state index contributed by atoms with van der Waals surface area (Å²) < 4.78 is 0. The van der Waals surface area contributed by atoms with Crippen LogP contribution in [-0.2, 0) is 6.54 Å². The summed E-state index contributed by atoms with van der Waals surface area (Å²) in [6.45, 7) is 2.19. The minimum absolute atomic E-state index is 0.0947. The first-order valence-corrected chi connectivity index (χ1v) is 7.41. The van der Waals surface area contributed by atoms with Crippen LogP contribution in [0.25, 0.3) is 0 Å². The third kappa shape index (κ3) is 3.59. The fourth-order valence-corrected chi connectivity index (χ4v) is 2.64. The maximum atomic E-state index is 12.1. The van der Waals surface area contributed by atoms with Crippen molar-refractivity contribution in [3.8, 4) is 0 Å². The lowest BCUT2D eigenvalue weighted by molar-refractivity contribution is -0.384. The first kappa shape index (κ1) is 15.9. The van der Waals surface area contributed by atoms with E-state index in [4.69, 9.17) is 0 Å². The van der Waals surface area contributed by atoms with Crippen LogP contribution in [0.3, 0.4) is 0 Å². The quantitative estimate of drug-likeness (QED) is 0.675. The van der Waals surface area contributed by atoms with Gasteiger partial charge in [0.15, 0.2) is 0 Å². The molecule has 2 rings (SSSR count). The number of hydrogen-bond donors (Lipinski definition) is 1. The molecule has 22 heavy (non-hydrogen) atoms. The number of amides is 1. The van der Waals surface area contributed by atoms with E-state index in [1.807, 2.05) is 12.3 Å². The summed E-state index contributed by atoms with van der Waals surface area (Å²) in [5.41, 5.74) is 1.52. The van der Waals surface area contributed by atoms with Gasteiger partial charge in [0.25, 0.3) is 11.6 Å². The van der Waals surface area contributed by atoms with Crippen molar-refractivity contribution in [2.45, 2.75) is 13.5 Å². The Balaban J connectivity index is 2.15. The van der Waals surface area contributed by atoms with E-state index in [9.17, 15) is 14.9 Å². The van der Waals surface area contributed by atoms with Crippen molar-refractivity contribution in [3.63, 3.8) is 0 Å². The van der Waals surface area contributed by atoms with E-state index >= 15 is 0 Å².